The number of carboxylic acid groups (broad SMARTS) is 1. The number of amides is 1. The van der Waals surface area contributed by atoms with Crippen molar-refractivity contribution in [1.29, 1.82) is 0 Å². The van der Waals surface area contributed by atoms with E-state index in [0.717, 1.165) is 10.5 Å². The van der Waals surface area contributed by atoms with Crippen molar-refractivity contribution in [2.75, 3.05) is 13.7 Å². The van der Waals surface area contributed by atoms with Gasteiger partial charge in [-0.2, -0.15) is 0 Å². The van der Waals surface area contributed by atoms with Crippen molar-refractivity contribution in [3.8, 4) is 0 Å². The Morgan fingerprint density at radius 1 is 1.23 bits per heavy atom. The van der Waals surface area contributed by atoms with E-state index in [1.807, 2.05) is 0 Å². The molecule has 0 aliphatic heterocycles. The van der Waals surface area contributed by atoms with Gasteiger partial charge in [-0.05, 0) is 26.3 Å². The number of nitrogens with zero attached hydrogens (tertiary/aromatic N) is 1. The number of hydrogen-bond acceptors (Lipinski definition) is 5. The Labute approximate surface area is 154 Å². The van der Waals surface area contributed by atoms with Gasteiger partial charge in [0.15, 0.2) is 9.84 Å². The predicted octanol–water partition coefficient (Wildman–Crippen LogP) is 2.48. The molecule has 1 rings (SSSR count). The first-order valence-electron chi connectivity index (χ1n) is 7.96. The monoisotopic (exact) mass is 383 g/mol. The van der Waals surface area contributed by atoms with E-state index in [1.54, 1.807) is 30.3 Å². The van der Waals surface area contributed by atoms with Crippen LogP contribution in [0, 0.1) is 0 Å². The zero-order valence-corrected chi connectivity index (χ0v) is 16.2. The zero-order chi connectivity index (χ0) is 20.1. The van der Waals surface area contributed by atoms with Crippen molar-refractivity contribution in [2.24, 2.45) is 0 Å². The lowest BCUT2D eigenvalue weighted by Crippen LogP contribution is -2.44. The smallest absolute Gasteiger partial charge is 0.410 e. The van der Waals surface area contributed by atoms with E-state index in [2.05, 4.69) is 6.58 Å². The van der Waals surface area contributed by atoms with E-state index in [9.17, 15) is 23.1 Å². The van der Waals surface area contributed by atoms with Crippen molar-refractivity contribution in [2.45, 2.75) is 38.0 Å². The van der Waals surface area contributed by atoms with Crippen LogP contribution in [0.2, 0.25) is 0 Å². The summed E-state index contributed by atoms with van der Waals surface area (Å²) in [7, 11) is -2.39. The summed E-state index contributed by atoms with van der Waals surface area (Å²) in [6.07, 6.45) is -0.832. The second kappa shape index (κ2) is 8.35. The van der Waals surface area contributed by atoms with Crippen LogP contribution < -0.4 is 0 Å². The minimum atomic E-state index is -3.69. The number of carbonyl (C=O) groups excluding carboxylic acids is 1. The Kier molecular flexibility index (Phi) is 6.97. The molecule has 0 heterocycles. The molecule has 0 saturated carbocycles. The van der Waals surface area contributed by atoms with Crippen LogP contribution in [0.5, 0.6) is 0 Å². The highest BCUT2D eigenvalue weighted by molar-refractivity contribution is 7.96. The maximum absolute atomic E-state index is 12.2. The van der Waals surface area contributed by atoms with Crippen LogP contribution in [0.3, 0.4) is 0 Å². The topological polar surface area (TPSA) is 101 Å². The molecule has 1 aromatic rings. The Hall–Kier alpha value is -2.35. The number of aliphatic carboxylic acids is 1. The number of sulfone groups is 1. The van der Waals surface area contributed by atoms with Crippen LogP contribution >= 0.6 is 0 Å². The first-order valence-corrected chi connectivity index (χ1v) is 9.45. The first-order chi connectivity index (χ1) is 11.9. The minimum absolute atomic E-state index is 0.100. The Morgan fingerprint density at radius 2 is 1.77 bits per heavy atom. The summed E-state index contributed by atoms with van der Waals surface area (Å²) in [6.45, 7) is 7.49. The van der Waals surface area contributed by atoms with Gasteiger partial charge in [0, 0.05) is 13.5 Å². The van der Waals surface area contributed by atoms with Gasteiger partial charge in [0.1, 0.15) is 12.6 Å². The van der Waals surface area contributed by atoms with Crippen LogP contribution in [-0.2, 0) is 25.8 Å². The lowest BCUT2D eigenvalue weighted by atomic mass is 10.1. The fourth-order valence-electron chi connectivity index (χ4n) is 2.11. The summed E-state index contributed by atoms with van der Waals surface area (Å²) in [5.74, 6) is -1.19. The molecule has 0 aliphatic rings. The number of hydrogen-bond donors (Lipinski definition) is 1. The fraction of sp³-hybridized carbons (Fsp3) is 0.444. The number of carbonyl (C=O) groups is 2. The molecule has 1 atom stereocenters. The van der Waals surface area contributed by atoms with Gasteiger partial charge in [0.2, 0.25) is 0 Å². The molecule has 0 spiro atoms. The SMILES string of the molecule is C=C(COC(=O)N(C)[C@@H](Cc1ccccc1)C(=O)O)S(=O)(=O)C(C)(C)C. The summed E-state index contributed by atoms with van der Waals surface area (Å²) < 4.78 is 28.3. The molecule has 0 saturated heterocycles. The maximum Gasteiger partial charge on any atom is 0.410 e. The molecule has 7 nitrogen and oxygen atoms in total. The highest BCUT2D eigenvalue weighted by Crippen LogP contribution is 2.22. The number of ether oxygens (including phenoxy) is 1. The average Bonchev–Trinajstić information content (AvgIpc) is 2.56. The zero-order valence-electron chi connectivity index (χ0n) is 15.4. The largest absolute Gasteiger partial charge is 0.480 e. The van der Waals surface area contributed by atoms with Crippen molar-refractivity contribution in [3.63, 3.8) is 0 Å². The second-order valence-corrected chi connectivity index (χ2v) is 9.67. The van der Waals surface area contributed by atoms with E-state index in [1.165, 1.54) is 27.8 Å². The molecule has 144 valence electrons. The van der Waals surface area contributed by atoms with Gasteiger partial charge in [-0.25, -0.2) is 18.0 Å². The molecular weight excluding hydrogens is 358 g/mol. The first kappa shape index (κ1) is 21.7. The molecule has 8 heteroatoms. The average molecular weight is 383 g/mol. The third-order valence-corrected chi connectivity index (χ3v) is 6.35. The Balaban J connectivity index is 2.78. The molecule has 0 fully saturated rings. The number of likely N-dealkylation sites (N-methyl/N-ethyl adjacent to an activating group) is 1. The Morgan fingerprint density at radius 3 is 2.23 bits per heavy atom. The molecule has 0 unspecified atom stereocenters. The van der Waals surface area contributed by atoms with Crippen LogP contribution in [-0.4, -0.2) is 54.9 Å². The van der Waals surface area contributed by atoms with E-state index in [4.69, 9.17) is 4.74 Å². The molecule has 26 heavy (non-hydrogen) atoms. The van der Waals surface area contributed by atoms with Crippen molar-refractivity contribution in [3.05, 3.63) is 47.4 Å². The summed E-state index contributed by atoms with van der Waals surface area (Å²) in [5, 5.41) is 9.40. The molecule has 1 aromatic carbocycles. The lowest BCUT2D eigenvalue weighted by molar-refractivity contribution is -0.142. The van der Waals surface area contributed by atoms with Crippen molar-refractivity contribution in [1.82, 2.24) is 4.90 Å². The van der Waals surface area contributed by atoms with Crippen LogP contribution in [0.4, 0.5) is 4.79 Å². The minimum Gasteiger partial charge on any atom is -0.480 e. The second-order valence-electron chi connectivity index (χ2n) is 6.86. The molecule has 1 N–H and O–H groups in total. The van der Waals surface area contributed by atoms with Crippen molar-refractivity contribution >= 4 is 21.9 Å². The maximum atomic E-state index is 12.2. The van der Waals surface area contributed by atoms with E-state index >= 15 is 0 Å². The molecular formula is C18H25NO6S. The summed E-state index contributed by atoms with van der Waals surface area (Å²) in [5.41, 5.74) is 0.749. The number of benzene rings is 1. The fourth-order valence-corrected chi connectivity index (χ4v) is 3.19. The van der Waals surface area contributed by atoms with Gasteiger partial charge in [-0.1, -0.05) is 36.9 Å². The van der Waals surface area contributed by atoms with Gasteiger partial charge in [0.25, 0.3) is 0 Å². The van der Waals surface area contributed by atoms with Gasteiger partial charge < -0.3 is 9.84 Å². The highest BCUT2D eigenvalue weighted by atomic mass is 32.2. The molecule has 0 aliphatic carbocycles. The van der Waals surface area contributed by atoms with Crippen molar-refractivity contribution < 1.29 is 27.9 Å². The summed E-state index contributed by atoms with van der Waals surface area (Å²) in [6, 6.07) is 7.72. The Bertz CT molecular complexity index is 765. The predicted molar refractivity (Wildman–Crippen MR) is 98.5 cm³/mol. The quantitative estimate of drug-likeness (QED) is 0.776. The number of carboxylic acids is 1. The normalized spacial score (nSPS) is 12.9. The van der Waals surface area contributed by atoms with Gasteiger partial charge >= 0.3 is 12.1 Å². The van der Waals surface area contributed by atoms with Gasteiger partial charge in [0.05, 0.1) is 9.65 Å². The third-order valence-electron chi connectivity index (χ3n) is 3.86. The molecule has 1 amide bonds. The van der Waals surface area contributed by atoms with E-state index in [0.29, 0.717) is 0 Å². The number of rotatable bonds is 7. The van der Waals surface area contributed by atoms with Crippen LogP contribution in [0.25, 0.3) is 0 Å². The lowest BCUT2D eigenvalue weighted by Gasteiger charge is -2.25. The van der Waals surface area contributed by atoms with Gasteiger partial charge in [-0.15, -0.1) is 0 Å². The van der Waals surface area contributed by atoms with Crippen LogP contribution in [0.15, 0.2) is 41.8 Å². The van der Waals surface area contributed by atoms with E-state index < -0.39 is 39.3 Å². The molecule has 0 bridgehead atoms. The van der Waals surface area contributed by atoms with Crippen LogP contribution in [0.1, 0.15) is 26.3 Å². The standard InChI is InChI=1S/C18H25NO6S/c1-13(26(23,24)18(2,3)4)12-25-17(22)19(5)15(16(20)21)11-14-9-7-6-8-10-14/h6-10,15H,1,11-12H2,2-5H3,(H,20,21)/t15-/m0/s1. The molecule has 0 aromatic heterocycles. The van der Waals surface area contributed by atoms with Gasteiger partial charge in [-0.3, -0.25) is 4.90 Å². The molecule has 0 radical (unpaired) electrons. The summed E-state index contributed by atoms with van der Waals surface area (Å²) >= 11 is 0. The summed E-state index contributed by atoms with van der Waals surface area (Å²) in [4.78, 5) is 24.4. The highest BCUT2D eigenvalue weighted by Gasteiger charge is 2.33. The van der Waals surface area contributed by atoms with E-state index in [-0.39, 0.29) is 11.3 Å². The third kappa shape index (κ3) is 5.32.